The lowest BCUT2D eigenvalue weighted by Crippen LogP contribution is -1.99. The van der Waals surface area contributed by atoms with E-state index in [2.05, 4.69) is 25.7 Å². The van der Waals surface area contributed by atoms with Gasteiger partial charge in [0.25, 0.3) is 5.89 Å². The van der Waals surface area contributed by atoms with E-state index in [9.17, 15) is 0 Å². The molecule has 4 aromatic rings. The van der Waals surface area contributed by atoms with Crippen LogP contribution in [0.15, 0.2) is 58.2 Å². The van der Waals surface area contributed by atoms with Crippen LogP contribution in [-0.4, -0.2) is 30.3 Å². The highest BCUT2D eigenvalue weighted by Gasteiger charge is 2.14. The fraction of sp³-hybridized carbons (Fsp3) is 0.118. The Kier molecular flexibility index (Phi) is 4.68. The lowest BCUT2D eigenvalue weighted by atomic mass is 10.2. The Bertz CT molecular complexity index is 1030. The average molecular weight is 385 g/mol. The highest BCUT2D eigenvalue weighted by molar-refractivity contribution is 7.98. The molecule has 0 saturated heterocycles. The summed E-state index contributed by atoms with van der Waals surface area (Å²) in [5.74, 6) is 1.41. The number of rotatable bonds is 5. The van der Waals surface area contributed by atoms with Crippen LogP contribution in [0.2, 0.25) is 5.02 Å². The van der Waals surface area contributed by atoms with E-state index < -0.39 is 0 Å². The maximum absolute atomic E-state index is 6.16. The van der Waals surface area contributed by atoms with Crippen molar-refractivity contribution in [3.63, 3.8) is 0 Å². The summed E-state index contributed by atoms with van der Waals surface area (Å²) in [5, 5.41) is 17.1. The van der Waals surface area contributed by atoms with Crippen LogP contribution in [0.5, 0.6) is 0 Å². The second-order valence-electron chi connectivity index (χ2n) is 5.49. The Balaban J connectivity index is 1.50. The zero-order valence-electron chi connectivity index (χ0n) is 13.7. The van der Waals surface area contributed by atoms with Crippen molar-refractivity contribution in [2.75, 3.05) is 0 Å². The van der Waals surface area contributed by atoms with Gasteiger partial charge in [-0.05, 0) is 41.6 Å². The topological polar surface area (TPSA) is 82.5 Å². The van der Waals surface area contributed by atoms with E-state index in [0.29, 0.717) is 33.2 Å². The zero-order valence-corrected chi connectivity index (χ0v) is 15.3. The Labute approximate surface area is 158 Å². The molecule has 0 spiro atoms. The first kappa shape index (κ1) is 16.7. The molecule has 2 aromatic heterocycles. The minimum Gasteiger partial charge on any atom is -0.334 e. The molecule has 0 bridgehead atoms. The molecule has 9 heteroatoms. The minimum absolute atomic E-state index is 0.393. The van der Waals surface area contributed by atoms with Gasteiger partial charge >= 0.3 is 0 Å². The van der Waals surface area contributed by atoms with Gasteiger partial charge in [0.15, 0.2) is 5.82 Å². The van der Waals surface area contributed by atoms with Gasteiger partial charge in [0, 0.05) is 0 Å². The van der Waals surface area contributed by atoms with Gasteiger partial charge in [-0.3, -0.25) is 0 Å². The summed E-state index contributed by atoms with van der Waals surface area (Å²) < 4.78 is 6.99. The van der Waals surface area contributed by atoms with Gasteiger partial charge in [-0.15, -0.1) is 5.10 Å². The number of aryl methyl sites for hydroxylation is 1. The molecule has 2 aromatic carbocycles. The number of aromatic nitrogens is 6. The van der Waals surface area contributed by atoms with Gasteiger partial charge in [-0.2, -0.15) is 9.67 Å². The van der Waals surface area contributed by atoms with Crippen molar-refractivity contribution in [1.29, 1.82) is 0 Å². The molecule has 0 aliphatic rings. The van der Waals surface area contributed by atoms with Crippen molar-refractivity contribution in [2.24, 2.45) is 0 Å². The Hall–Kier alpha value is -2.71. The SMILES string of the molecule is Cc1ccc(-n2nnnc2SCc2noc(-c3ccccc3Cl)n2)cc1. The molecule has 7 nitrogen and oxygen atoms in total. The lowest BCUT2D eigenvalue weighted by molar-refractivity contribution is 0.425. The molecule has 0 fully saturated rings. The van der Waals surface area contributed by atoms with Crippen LogP contribution in [-0.2, 0) is 5.75 Å². The molecule has 0 N–H and O–H groups in total. The second-order valence-corrected chi connectivity index (χ2v) is 6.84. The summed E-state index contributed by atoms with van der Waals surface area (Å²) >= 11 is 7.59. The molecule has 2 heterocycles. The first-order valence-electron chi connectivity index (χ1n) is 7.76. The van der Waals surface area contributed by atoms with E-state index in [4.69, 9.17) is 16.1 Å². The van der Waals surface area contributed by atoms with Crippen LogP contribution in [0.25, 0.3) is 17.1 Å². The van der Waals surface area contributed by atoms with Crippen molar-refractivity contribution in [2.45, 2.75) is 17.8 Å². The normalized spacial score (nSPS) is 11.0. The number of halogens is 1. The molecule has 26 heavy (non-hydrogen) atoms. The van der Waals surface area contributed by atoms with Crippen LogP contribution in [0.4, 0.5) is 0 Å². The van der Waals surface area contributed by atoms with E-state index in [1.807, 2.05) is 49.4 Å². The third kappa shape index (κ3) is 3.47. The largest absolute Gasteiger partial charge is 0.334 e. The molecule has 0 saturated carbocycles. The third-order valence-corrected chi connectivity index (χ3v) is 4.87. The second kappa shape index (κ2) is 7.27. The van der Waals surface area contributed by atoms with Gasteiger partial charge in [0.2, 0.25) is 5.16 Å². The molecule has 4 rings (SSSR count). The van der Waals surface area contributed by atoms with Crippen molar-refractivity contribution in [3.8, 4) is 17.1 Å². The van der Waals surface area contributed by atoms with E-state index >= 15 is 0 Å². The quantitative estimate of drug-likeness (QED) is 0.481. The maximum atomic E-state index is 6.16. The van der Waals surface area contributed by atoms with Gasteiger partial charge in [-0.25, -0.2) is 0 Å². The molecule has 0 radical (unpaired) electrons. The van der Waals surface area contributed by atoms with E-state index in [1.54, 1.807) is 10.7 Å². The molecule has 0 aliphatic carbocycles. The highest BCUT2D eigenvalue weighted by Crippen LogP contribution is 2.27. The zero-order chi connectivity index (χ0) is 17.9. The predicted molar refractivity (Wildman–Crippen MR) is 98.2 cm³/mol. The van der Waals surface area contributed by atoms with Crippen molar-refractivity contribution in [3.05, 3.63) is 64.9 Å². The number of hydrogen-bond acceptors (Lipinski definition) is 7. The van der Waals surface area contributed by atoms with Gasteiger partial charge in [0.1, 0.15) is 0 Å². The van der Waals surface area contributed by atoms with Crippen LogP contribution < -0.4 is 0 Å². The fourth-order valence-electron chi connectivity index (χ4n) is 2.30. The summed E-state index contributed by atoms with van der Waals surface area (Å²) in [7, 11) is 0. The summed E-state index contributed by atoms with van der Waals surface area (Å²) in [6, 6.07) is 15.3. The van der Waals surface area contributed by atoms with E-state index in [-0.39, 0.29) is 0 Å². The Morgan fingerprint density at radius 1 is 1.12 bits per heavy atom. The molecule has 130 valence electrons. The Morgan fingerprint density at radius 3 is 2.73 bits per heavy atom. The highest BCUT2D eigenvalue weighted by atomic mass is 35.5. The average Bonchev–Trinajstić information content (AvgIpc) is 3.30. The lowest BCUT2D eigenvalue weighted by Gasteiger charge is -2.03. The fourth-order valence-corrected chi connectivity index (χ4v) is 3.25. The number of hydrogen-bond donors (Lipinski definition) is 0. The minimum atomic E-state index is 0.393. The molecular formula is C17H13ClN6OS. The van der Waals surface area contributed by atoms with Gasteiger partial charge in [0.05, 0.1) is 22.0 Å². The van der Waals surface area contributed by atoms with Crippen LogP contribution in [0.3, 0.4) is 0 Å². The summed E-state index contributed by atoms with van der Waals surface area (Å²) in [6.45, 7) is 2.03. The molecule has 0 atom stereocenters. The van der Waals surface area contributed by atoms with Crippen molar-refractivity contribution < 1.29 is 4.52 Å². The number of thioether (sulfide) groups is 1. The summed E-state index contributed by atoms with van der Waals surface area (Å²) in [5.41, 5.74) is 2.78. The van der Waals surface area contributed by atoms with Crippen molar-refractivity contribution >= 4 is 23.4 Å². The third-order valence-electron chi connectivity index (χ3n) is 3.62. The smallest absolute Gasteiger partial charge is 0.259 e. The first-order valence-corrected chi connectivity index (χ1v) is 9.13. The summed E-state index contributed by atoms with van der Waals surface area (Å²) in [4.78, 5) is 4.39. The van der Waals surface area contributed by atoms with Crippen molar-refractivity contribution in [1.82, 2.24) is 30.3 Å². The predicted octanol–water partition coefficient (Wildman–Crippen LogP) is 3.97. The van der Waals surface area contributed by atoms with Crippen LogP contribution >= 0.6 is 23.4 Å². The standard InChI is InChI=1S/C17H13ClN6OS/c1-11-6-8-12(9-7-11)24-17(20-22-23-24)26-10-15-19-16(25-21-15)13-4-2-3-5-14(13)18/h2-9H,10H2,1H3. The maximum Gasteiger partial charge on any atom is 0.259 e. The number of nitrogens with zero attached hydrogens (tertiary/aromatic N) is 6. The molecule has 0 unspecified atom stereocenters. The van der Waals surface area contributed by atoms with Crippen LogP contribution in [0, 0.1) is 6.92 Å². The first-order chi connectivity index (χ1) is 12.7. The molecule has 0 aliphatic heterocycles. The molecule has 0 amide bonds. The van der Waals surface area contributed by atoms with E-state index in [1.165, 1.54) is 17.3 Å². The van der Waals surface area contributed by atoms with Gasteiger partial charge < -0.3 is 4.52 Å². The monoisotopic (exact) mass is 384 g/mol. The number of benzene rings is 2. The van der Waals surface area contributed by atoms with E-state index in [0.717, 1.165) is 5.69 Å². The number of tetrazole rings is 1. The van der Waals surface area contributed by atoms with Crippen LogP contribution in [0.1, 0.15) is 11.4 Å². The Morgan fingerprint density at radius 2 is 1.92 bits per heavy atom. The molecular weight excluding hydrogens is 372 g/mol. The van der Waals surface area contributed by atoms with Gasteiger partial charge in [-0.1, -0.05) is 58.3 Å². The summed E-state index contributed by atoms with van der Waals surface area (Å²) in [6.07, 6.45) is 0.